The first kappa shape index (κ1) is 29.4. The molecule has 0 radical (unpaired) electrons. The zero-order valence-corrected chi connectivity index (χ0v) is 25.4. The molecular weight excluding hydrogens is 550 g/mol. The van der Waals surface area contributed by atoms with Crippen molar-refractivity contribution in [3.63, 3.8) is 0 Å². The summed E-state index contributed by atoms with van der Waals surface area (Å²) >= 11 is 6.41. The number of carbonyl (C=O) groups excluding carboxylic acids is 2. The maximum absolute atomic E-state index is 13.2. The largest absolute Gasteiger partial charge is 0.493 e. The minimum Gasteiger partial charge on any atom is -0.493 e. The Labute approximate surface area is 252 Å². The molecule has 2 aliphatic rings. The van der Waals surface area contributed by atoms with E-state index in [0.29, 0.717) is 52.8 Å². The number of carbonyl (C=O) groups is 2. The van der Waals surface area contributed by atoms with E-state index >= 15 is 0 Å². The van der Waals surface area contributed by atoms with E-state index < -0.39 is 0 Å². The summed E-state index contributed by atoms with van der Waals surface area (Å²) in [7, 11) is 5.49. The number of likely N-dealkylation sites (tertiary alicyclic amines) is 1. The van der Waals surface area contributed by atoms with E-state index in [1.807, 2.05) is 43.3 Å². The Morgan fingerprint density at radius 1 is 1.31 bits per heavy atom. The molecule has 2 N–H and O–H groups in total. The van der Waals surface area contributed by atoms with Crippen molar-refractivity contribution >= 4 is 34.7 Å². The van der Waals surface area contributed by atoms with Gasteiger partial charge < -0.3 is 24.8 Å². The smallest absolute Gasteiger partial charge is 0.247 e. The number of hydrogen-bond acceptors (Lipinski definition) is 6. The average Bonchev–Trinajstić information content (AvgIpc) is 3.31. The van der Waals surface area contributed by atoms with Crippen molar-refractivity contribution in [2.24, 2.45) is 5.41 Å². The predicted octanol–water partition coefficient (Wildman–Crippen LogP) is 5.71. The van der Waals surface area contributed by atoms with E-state index in [4.69, 9.17) is 16.3 Å². The summed E-state index contributed by atoms with van der Waals surface area (Å²) in [4.78, 5) is 37.8. The van der Waals surface area contributed by atoms with Gasteiger partial charge in [-0.1, -0.05) is 49.4 Å². The first-order valence-electron chi connectivity index (χ1n) is 14.1. The molecule has 42 heavy (non-hydrogen) atoms. The molecule has 1 fully saturated rings. The van der Waals surface area contributed by atoms with Gasteiger partial charge in [-0.05, 0) is 45.1 Å². The highest BCUT2D eigenvalue weighted by molar-refractivity contribution is 6.32. The number of likely N-dealkylation sites (N-methyl/N-ethyl adjacent to an activating group) is 1. The number of halogens is 1. The topological polar surface area (TPSA) is 90.6 Å². The number of nitrogens with one attached hydrogen (secondary N) is 2. The van der Waals surface area contributed by atoms with Gasteiger partial charge in [0.15, 0.2) is 11.5 Å². The monoisotopic (exact) mass is 585 g/mol. The van der Waals surface area contributed by atoms with E-state index in [1.165, 1.54) is 0 Å². The summed E-state index contributed by atoms with van der Waals surface area (Å²) in [6, 6.07) is 7.11. The molecule has 9 heteroatoms. The SMILES string of the molecule is COc1c(Cl)cccc1Nc1c(-c2ccncc2C#C[C@@H]2N(C(=O)/C=C/CN(C)C)CC2(C)C)[nH]c2c1C(=O)CCC2. The summed E-state index contributed by atoms with van der Waals surface area (Å²) < 4.78 is 5.57. The highest BCUT2D eigenvalue weighted by Crippen LogP contribution is 2.43. The van der Waals surface area contributed by atoms with Crippen molar-refractivity contribution in [3.8, 4) is 28.8 Å². The molecule has 3 aromatic rings. The normalized spacial score (nSPS) is 17.5. The summed E-state index contributed by atoms with van der Waals surface area (Å²) in [5.41, 5.74) is 4.96. The van der Waals surface area contributed by atoms with Gasteiger partial charge in [-0.3, -0.25) is 14.6 Å². The van der Waals surface area contributed by atoms with Crippen LogP contribution >= 0.6 is 11.6 Å². The maximum Gasteiger partial charge on any atom is 0.247 e. The lowest BCUT2D eigenvalue weighted by atomic mass is 9.75. The first-order valence-corrected chi connectivity index (χ1v) is 14.4. The lowest BCUT2D eigenvalue weighted by Gasteiger charge is -2.51. The summed E-state index contributed by atoms with van der Waals surface area (Å²) in [6.07, 6.45) is 8.98. The Bertz CT molecular complexity index is 1610. The summed E-state index contributed by atoms with van der Waals surface area (Å²) in [6.45, 7) is 5.57. The van der Waals surface area contributed by atoms with Crippen LogP contribution in [0.3, 0.4) is 0 Å². The minimum absolute atomic E-state index is 0.0422. The number of para-hydroxylation sites is 1. The molecule has 1 aliphatic carbocycles. The van der Waals surface area contributed by atoms with Crippen molar-refractivity contribution < 1.29 is 14.3 Å². The van der Waals surface area contributed by atoms with Crippen LogP contribution in [0.1, 0.15) is 48.3 Å². The van der Waals surface area contributed by atoms with Crippen LogP contribution in [0.2, 0.25) is 5.02 Å². The number of aryl methyl sites for hydroxylation is 1. The van der Waals surface area contributed by atoms with Crippen LogP contribution in [0.4, 0.5) is 11.4 Å². The lowest BCUT2D eigenvalue weighted by Crippen LogP contribution is -2.62. The van der Waals surface area contributed by atoms with Gasteiger partial charge in [0, 0.05) is 54.7 Å². The molecule has 8 nitrogen and oxygen atoms in total. The van der Waals surface area contributed by atoms with E-state index in [1.54, 1.807) is 36.5 Å². The molecule has 1 aromatic carbocycles. The second-order valence-electron chi connectivity index (χ2n) is 11.7. The van der Waals surface area contributed by atoms with Crippen LogP contribution < -0.4 is 10.1 Å². The van der Waals surface area contributed by atoms with Gasteiger partial charge in [-0.25, -0.2) is 0 Å². The predicted molar refractivity (Wildman–Crippen MR) is 166 cm³/mol. The number of rotatable bonds is 7. The van der Waals surface area contributed by atoms with Crippen molar-refractivity contribution in [2.75, 3.05) is 39.6 Å². The van der Waals surface area contributed by atoms with Crippen LogP contribution in [-0.2, 0) is 11.2 Å². The molecule has 0 spiro atoms. The third-order valence-electron chi connectivity index (χ3n) is 7.70. The number of ketones is 1. The van der Waals surface area contributed by atoms with E-state index in [-0.39, 0.29) is 23.1 Å². The second kappa shape index (κ2) is 12.0. The number of amides is 1. The highest BCUT2D eigenvalue weighted by atomic mass is 35.5. The van der Waals surface area contributed by atoms with E-state index in [0.717, 1.165) is 29.8 Å². The van der Waals surface area contributed by atoms with Crippen LogP contribution in [0.15, 0.2) is 48.8 Å². The first-order chi connectivity index (χ1) is 20.1. The van der Waals surface area contributed by atoms with Gasteiger partial charge in [-0.2, -0.15) is 0 Å². The average molecular weight is 586 g/mol. The fraction of sp³-hybridized carbons (Fsp3) is 0.364. The highest BCUT2D eigenvalue weighted by Gasteiger charge is 2.46. The second-order valence-corrected chi connectivity index (χ2v) is 12.1. The zero-order chi connectivity index (χ0) is 30.0. The Balaban J connectivity index is 1.54. The number of fused-ring (bicyclic) bond motifs is 1. The van der Waals surface area contributed by atoms with E-state index in [2.05, 4.69) is 41.0 Å². The zero-order valence-electron chi connectivity index (χ0n) is 24.7. The minimum atomic E-state index is -0.242. The number of Topliss-reactive ketones (excluding diaryl/α,β-unsaturated/α-hetero) is 1. The maximum atomic E-state index is 13.2. The van der Waals surface area contributed by atoms with E-state index in [9.17, 15) is 9.59 Å². The molecule has 0 unspecified atom stereocenters. The molecule has 1 amide bonds. The number of hydrogen-bond donors (Lipinski definition) is 2. The summed E-state index contributed by atoms with van der Waals surface area (Å²) in [5, 5.41) is 3.92. The van der Waals surface area contributed by atoms with Gasteiger partial charge in [0.1, 0.15) is 6.04 Å². The summed E-state index contributed by atoms with van der Waals surface area (Å²) in [5.74, 6) is 7.22. The van der Waals surface area contributed by atoms with Crippen molar-refractivity contribution in [2.45, 2.75) is 39.2 Å². The fourth-order valence-electron chi connectivity index (χ4n) is 5.60. The van der Waals surface area contributed by atoms with Crippen LogP contribution in [0.5, 0.6) is 5.75 Å². The van der Waals surface area contributed by atoms with Crippen molar-refractivity contribution in [1.82, 2.24) is 19.8 Å². The lowest BCUT2D eigenvalue weighted by molar-refractivity contribution is -0.140. The molecular formula is C33H36ClN5O3. The van der Waals surface area contributed by atoms with Gasteiger partial charge in [-0.15, -0.1) is 0 Å². The van der Waals surface area contributed by atoms with Gasteiger partial charge in [0.25, 0.3) is 0 Å². The molecule has 0 saturated carbocycles. The molecule has 1 atom stereocenters. The Morgan fingerprint density at radius 2 is 2.12 bits per heavy atom. The number of aromatic amines is 1. The number of methoxy groups -OCH3 is 1. The van der Waals surface area contributed by atoms with Crippen LogP contribution in [0.25, 0.3) is 11.3 Å². The van der Waals surface area contributed by atoms with Crippen molar-refractivity contribution in [1.29, 1.82) is 0 Å². The number of benzene rings is 1. The third kappa shape index (κ3) is 5.80. The molecule has 1 aliphatic heterocycles. The molecule has 218 valence electrons. The molecule has 0 bridgehead atoms. The van der Waals surface area contributed by atoms with Gasteiger partial charge in [0.2, 0.25) is 5.91 Å². The Hall–Kier alpha value is -4.06. The number of H-pyrrole nitrogens is 1. The van der Waals surface area contributed by atoms with Crippen LogP contribution in [-0.4, -0.2) is 71.8 Å². The van der Waals surface area contributed by atoms with Gasteiger partial charge >= 0.3 is 0 Å². The fourth-order valence-corrected chi connectivity index (χ4v) is 5.85. The Morgan fingerprint density at radius 3 is 2.86 bits per heavy atom. The molecule has 5 rings (SSSR count). The quantitative estimate of drug-likeness (QED) is 0.273. The van der Waals surface area contributed by atoms with Gasteiger partial charge in [0.05, 0.1) is 40.3 Å². The number of pyridine rings is 1. The number of ether oxygens (including phenoxy) is 1. The standard InChI is InChI=1S/C33H36ClN5O3/c1-33(2)20-39(28(41)13-8-18-38(3)4)27(33)15-14-21-19-35-17-16-22(21)30-31(29-24(36-30)10-7-12-26(29)40)37-25-11-6-9-23(34)32(25)42-5/h6,8-9,11,13,16-17,19,27,36-37H,7,10,12,18,20H2,1-5H3/b13-8+/t27-/m0/s1. The number of aromatic nitrogens is 2. The molecule has 2 aromatic heterocycles. The Kier molecular flexibility index (Phi) is 8.44. The third-order valence-corrected chi connectivity index (χ3v) is 7.99. The van der Waals surface area contributed by atoms with Crippen LogP contribution in [0, 0.1) is 17.3 Å². The number of nitrogens with zero attached hydrogens (tertiary/aromatic N) is 3. The molecule has 1 saturated heterocycles. The molecule has 3 heterocycles. The number of anilines is 2. The van der Waals surface area contributed by atoms with Crippen molar-refractivity contribution in [3.05, 3.63) is 70.7 Å².